The second-order valence-electron chi connectivity index (χ2n) is 9.05. The van der Waals surface area contributed by atoms with E-state index in [-0.39, 0.29) is 18.6 Å². The zero-order valence-electron chi connectivity index (χ0n) is 21.6. The Kier molecular flexibility index (Phi) is 10.4. The summed E-state index contributed by atoms with van der Waals surface area (Å²) in [6, 6.07) is 29.7. The molecule has 0 saturated carbocycles. The summed E-state index contributed by atoms with van der Waals surface area (Å²) in [6.45, 7) is 0.117. The van der Waals surface area contributed by atoms with Crippen LogP contribution >= 0.6 is 0 Å². The summed E-state index contributed by atoms with van der Waals surface area (Å²) in [6.07, 6.45) is 8.13. The maximum atomic E-state index is 13.5. The Labute approximate surface area is 229 Å². The first-order valence-electron chi connectivity index (χ1n) is 13.0. The van der Waals surface area contributed by atoms with E-state index in [0.717, 1.165) is 17.5 Å². The van der Waals surface area contributed by atoms with Crippen molar-refractivity contribution in [3.05, 3.63) is 138 Å². The number of aryl methyl sites for hydroxylation is 1. The van der Waals surface area contributed by atoms with Gasteiger partial charge in [0.05, 0.1) is 0 Å². The molecule has 2 atom stereocenters. The van der Waals surface area contributed by atoms with E-state index in [1.807, 2.05) is 84.9 Å². The fourth-order valence-corrected chi connectivity index (χ4v) is 4.03. The molecule has 0 unspecified atom stereocenters. The first-order valence-corrected chi connectivity index (χ1v) is 13.0. The Morgan fingerprint density at radius 3 is 1.97 bits per heavy atom. The molecule has 1 aromatic heterocycles. The summed E-state index contributed by atoms with van der Waals surface area (Å²) in [5.41, 5.74) is 2.96. The van der Waals surface area contributed by atoms with Gasteiger partial charge in [-0.3, -0.25) is 4.79 Å². The summed E-state index contributed by atoms with van der Waals surface area (Å²) in [5.74, 6) is 0.257. The third-order valence-electron chi connectivity index (χ3n) is 6.08. The van der Waals surface area contributed by atoms with Crippen LogP contribution in [0, 0.1) is 0 Å². The number of alkyl carbamates (subject to hydrolysis) is 1. The molecule has 1 heterocycles. The van der Waals surface area contributed by atoms with Crippen LogP contribution < -0.4 is 10.6 Å². The summed E-state index contributed by atoms with van der Waals surface area (Å²) in [7, 11) is 0. The molecule has 7 nitrogen and oxygen atoms in total. The van der Waals surface area contributed by atoms with Gasteiger partial charge < -0.3 is 15.4 Å². The van der Waals surface area contributed by atoms with Gasteiger partial charge in [0.15, 0.2) is 5.82 Å². The van der Waals surface area contributed by atoms with Crippen LogP contribution in [0.1, 0.15) is 28.9 Å². The minimum Gasteiger partial charge on any atom is -0.445 e. The number of hydrogen-bond donors (Lipinski definition) is 2. The SMILES string of the molecule is O=C(N[C@@H](Cc1ccccc1)C(=O)N[C@H](/C=C/c1ncccn1)CCc1ccccc1)OCc1ccccc1. The van der Waals surface area contributed by atoms with Crippen LogP contribution in [0.5, 0.6) is 0 Å². The molecule has 3 aromatic carbocycles. The van der Waals surface area contributed by atoms with Crippen molar-refractivity contribution in [2.45, 2.75) is 38.0 Å². The van der Waals surface area contributed by atoms with Gasteiger partial charge in [0.2, 0.25) is 5.91 Å². The van der Waals surface area contributed by atoms with Crippen LogP contribution in [0.4, 0.5) is 4.79 Å². The lowest BCUT2D eigenvalue weighted by Gasteiger charge is -2.22. The molecule has 39 heavy (non-hydrogen) atoms. The van der Waals surface area contributed by atoms with Crippen LogP contribution in [-0.2, 0) is 29.0 Å². The number of benzene rings is 3. The van der Waals surface area contributed by atoms with Crippen molar-refractivity contribution in [2.75, 3.05) is 0 Å². The van der Waals surface area contributed by atoms with E-state index in [4.69, 9.17) is 4.74 Å². The molecule has 4 rings (SSSR count). The van der Waals surface area contributed by atoms with Crippen LogP contribution in [0.2, 0.25) is 0 Å². The highest BCUT2D eigenvalue weighted by molar-refractivity contribution is 5.86. The van der Waals surface area contributed by atoms with Crippen molar-refractivity contribution in [1.82, 2.24) is 20.6 Å². The van der Waals surface area contributed by atoms with Crippen molar-refractivity contribution in [3.8, 4) is 0 Å². The smallest absolute Gasteiger partial charge is 0.408 e. The predicted molar refractivity (Wildman–Crippen MR) is 151 cm³/mol. The van der Waals surface area contributed by atoms with E-state index < -0.39 is 12.1 Å². The van der Waals surface area contributed by atoms with Crippen LogP contribution in [0.25, 0.3) is 6.08 Å². The number of nitrogens with zero attached hydrogens (tertiary/aromatic N) is 2. The van der Waals surface area contributed by atoms with Gasteiger partial charge in [0, 0.05) is 24.9 Å². The number of carbonyl (C=O) groups excluding carboxylic acids is 2. The monoisotopic (exact) mass is 520 g/mol. The van der Waals surface area contributed by atoms with Crippen LogP contribution in [-0.4, -0.2) is 34.1 Å². The number of nitrogens with one attached hydrogen (secondary N) is 2. The summed E-state index contributed by atoms with van der Waals surface area (Å²) >= 11 is 0. The second-order valence-corrected chi connectivity index (χ2v) is 9.05. The van der Waals surface area contributed by atoms with E-state index in [1.54, 1.807) is 24.5 Å². The number of carbonyl (C=O) groups is 2. The Morgan fingerprint density at radius 1 is 0.744 bits per heavy atom. The average molecular weight is 521 g/mol. The van der Waals surface area contributed by atoms with E-state index in [0.29, 0.717) is 18.7 Å². The zero-order chi connectivity index (χ0) is 27.1. The molecular formula is C32H32N4O3. The van der Waals surface area contributed by atoms with Gasteiger partial charge in [-0.15, -0.1) is 0 Å². The molecule has 198 valence electrons. The topological polar surface area (TPSA) is 93.2 Å². The van der Waals surface area contributed by atoms with Gasteiger partial charge in [-0.05, 0) is 41.7 Å². The molecule has 0 spiro atoms. The molecule has 0 aliphatic heterocycles. The third-order valence-corrected chi connectivity index (χ3v) is 6.08. The maximum absolute atomic E-state index is 13.5. The lowest BCUT2D eigenvalue weighted by molar-refractivity contribution is -0.123. The number of rotatable bonds is 12. The number of hydrogen-bond acceptors (Lipinski definition) is 5. The molecule has 0 aliphatic carbocycles. The van der Waals surface area contributed by atoms with E-state index >= 15 is 0 Å². The van der Waals surface area contributed by atoms with Crippen molar-refractivity contribution in [1.29, 1.82) is 0 Å². The molecule has 2 amide bonds. The standard InChI is InChI=1S/C32H32N4O3/c37-31(35-28(18-17-25-11-4-1-5-12-25)19-20-30-33-21-10-22-34-30)29(23-26-13-6-2-7-14-26)36-32(38)39-24-27-15-8-3-9-16-27/h1-16,19-22,28-29H,17-18,23-24H2,(H,35,37)(H,36,38)/b20-19+/t28-,29-/m0/s1. The highest BCUT2D eigenvalue weighted by atomic mass is 16.5. The van der Waals surface area contributed by atoms with Gasteiger partial charge in [0.1, 0.15) is 12.6 Å². The number of ether oxygens (including phenoxy) is 1. The lowest BCUT2D eigenvalue weighted by atomic mass is 10.0. The molecular weight excluding hydrogens is 488 g/mol. The normalized spacial score (nSPS) is 12.4. The summed E-state index contributed by atoms with van der Waals surface area (Å²) < 4.78 is 5.40. The van der Waals surface area contributed by atoms with E-state index in [2.05, 4.69) is 32.7 Å². The van der Waals surface area contributed by atoms with Crippen LogP contribution in [0.15, 0.2) is 116 Å². The van der Waals surface area contributed by atoms with Gasteiger partial charge in [-0.2, -0.15) is 0 Å². The number of aromatic nitrogens is 2. The average Bonchev–Trinajstić information content (AvgIpc) is 2.99. The van der Waals surface area contributed by atoms with E-state index in [1.165, 1.54) is 5.56 Å². The lowest BCUT2D eigenvalue weighted by Crippen LogP contribution is -2.50. The summed E-state index contributed by atoms with van der Waals surface area (Å²) in [5, 5.41) is 5.87. The molecule has 7 heteroatoms. The summed E-state index contributed by atoms with van der Waals surface area (Å²) in [4.78, 5) is 34.7. The predicted octanol–water partition coefficient (Wildman–Crippen LogP) is 5.15. The fraction of sp³-hybridized carbons (Fsp3) is 0.188. The van der Waals surface area contributed by atoms with Crippen molar-refractivity contribution in [2.24, 2.45) is 0 Å². The Hall–Kier alpha value is -4.78. The molecule has 2 N–H and O–H groups in total. The van der Waals surface area contributed by atoms with Gasteiger partial charge in [-0.25, -0.2) is 14.8 Å². The minimum atomic E-state index is -0.823. The Morgan fingerprint density at radius 2 is 1.33 bits per heavy atom. The Bertz CT molecular complexity index is 1320. The molecule has 0 bridgehead atoms. The molecule has 0 radical (unpaired) electrons. The van der Waals surface area contributed by atoms with Gasteiger partial charge >= 0.3 is 6.09 Å². The van der Waals surface area contributed by atoms with Crippen molar-refractivity contribution >= 4 is 18.1 Å². The molecule has 0 saturated heterocycles. The number of amides is 2. The first kappa shape index (κ1) is 27.3. The maximum Gasteiger partial charge on any atom is 0.408 e. The first-order chi connectivity index (χ1) is 19.2. The zero-order valence-corrected chi connectivity index (χ0v) is 21.6. The van der Waals surface area contributed by atoms with Gasteiger partial charge in [-0.1, -0.05) is 97.1 Å². The Balaban J connectivity index is 1.46. The van der Waals surface area contributed by atoms with Gasteiger partial charge in [0.25, 0.3) is 0 Å². The molecule has 4 aromatic rings. The van der Waals surface area contributed by atoms with E-state index in [9.17, 15) is 9.59 Å². The molecule has 0 aliphatic rings. The minimum absolute atomic E-state index is 0.117. The van der Waals surface area contributed by atoms with Crippen LogP contribution in [0.3, 0.4) is 0 Å². The fourth-order valence-electron chi connectivity index (χ4n) is 4.03. The highest BCUT2D eigenvalue weighted by Gasteiger charge is 2.24. The van der Waals surface area contributed by atoms with Crippen molar-refractivity contribution in [3.63, 3.8) is 0 Å². The largest absolute Gasteiger partial charge is 0.445 e. The quantitative estimate of drug-likeness (QED) is 0.270. The van der Waals surface area contributed by atoms with Crippen molar-refractivity contribution < 1.29 is 14.3 Å². The molecule has 0 fully saturated rings. The third kappa shape index (κ3) is 9.55. The second kappa shape index (κ2) is 14.8. The highest BCUT2D eigenvalue weighted by Crippen LogP contribution is 2.10.